The molecule has 20 heavy (non-hydrogen) atoms. The molecule has 2 aromatic rings. The number of carbonyl (C=O) groups excluding carboxylic acids is 1. The van der Waals surface area contributed by atoms with Crippen LogP contribution in [0.3, 0.4) is 0 Å². The Morgan fingerprint density at radius 3 is 2.65 bits per heavy atom. The van der Waals surface area contributed by atoms with Crippen molar-refractivity contribution in [2.24, 2.45) is 4.99 Å². The van der Waals surface area contributed by atoms with Gasteiger partial charge < -0.3 is 5.11 Å². The van der Waals surface area contributed by atoms with Crippen LogP contribution in [0.4, 0.5) is 5.88 Å². The zero-order chi connectivity index (χ0) is 14.5. The molecule has 6 heteroatoms. The van der Waals surface area contributed by atoms with Gasteiger partial charge in [0, 0.05) is 13.3 Å². The summed E-state index contributed by atoms with van der Waals surface area (Å²) in [4.78, 5) is 15.3. The summed E-state index contributed by atoms with van der Waals surface area (Å²) in [6.07, 6.45) is 0.706. The molecule has 0 saturated carbocycles. The maximum Gasteiger partial charge on any atom is 0.342 e. The van der Waals surface area contributed by atoms with Gasteiger partial charge in [0.25, 0.3) is 0 Å². The first-order chi connectivity index (χ1) is 9.58. The lowest BCUT2D eigenvalue weighted by atomic mass is 10.1. The lowest BCUT2D eigenvalue weighted by Crippen LogP contribution is -2.41. The highest BCUT2D eigenvalue weighted by Gasteiger charge is 2.28. The Kier molecular flexibility index (Phi) is 4.24. The first kappa shape index (κ1) is 13.9. The van der Waals surface area contributed by atoms with Crippen LogP contribution in [0.15, 0.2) is 39.8 Å². The molecule has 0 spiro atoms. The standard InChI is InChI=1S/C14H15N3O3/c1-10(18)13-14(15-11(2)19)20-16-17(13)9-8-12-6-4-3-5-7-12/h3-7H,8-9H2,1-2H3. The fraction of sp³-hybridized carbons (Fsp3) is 0.286. The molecule has 0 aliphatic rings. The zero-order valence-electron chi connectivity index (χ0n) is 11.4. The van der Waals surface area contributed by atoms with Gasteiger partial charge in [-0.25, -0.2) is 4.99 Å². The highest BCUT2D eigenvalue weighted by Crippen LogP contribution is 2.15. The third-order valence-corrected chi connectivity index (χ3v) is 2.73. The SMILES string of the molecule is CC(=O)c1c(/N=C(/C)[O-])on[n+]1CCc1ccccc1. The monoisotopic (exact) mass is 273 g/mol. The van der Waals surface area contributed by atoms with E-state index in [1.54, 1.807) is 0 Å². The van der Waals surface area contributed by atoms with E-state index in [0.29, 0.717) is 13.0 Å². The Bertz CT molecular complexity index is 628. The predicted molar refractivity (Wildman–Crippen MR) is 69.6 cm³/mol. The molecule has 0 aliphatic heterocycles. The highest BCUT2D eigenvalue weighted by atomic mass is 16.5. The third-order valence-electron chi connectivity index (χ3n) is 2.73. The van der Waals surface area contributed by atoms with Gasteiger partial charge in [-0.2, -0.15) is 0 Å². The minimum absolute atomic E-state index is 0.0296. The second-order valence-corrected chi connectivity index (χ2v) is 4.37. The van der Waals surface area contributed by atoms with Crippen LogP contribution in [0.1, 0.15) is 29.9 Å². The molecule has 0 amide bonds. The molecule has 0 saturated heterocycles. The van der Waals surface area contributed by atoms with E-state index in [-0.39, 0.29) is 17.4 Å². The van der Waals surface area contributed by atoms with E-state index in [0.717, 1.165) is 5.56 Å². The summed E-state index contributed by atoms with van der Waals surface area (Å²) in [5.41, 5.74) is 1.35. The average molecular weight is 273 g/mol. The van der Waals surface area contributed by atoms with Gasteiger partial charge in [0.05, 0.1) is 0 Å². The number of hydrogen-bond donors (Lipinski definition) is 0. The minimum Gasteiger partial charge on any atom is -0.862 e. The number of aromatic nitrogens is 2. The fourth-order valence-corrected chi connectivity index (χ4v) is 1.86. The van der Waals surface area contributed by atoms with E-state index in [2.05, 4.69) is 10.3 Å². The molecule has 0 radical (unpaired) electrons. The third kappa shape index (κ3) is 3.28. The van der Waals surface area contributed by atoms with Crippen LogP contribution in [0.25, 0.3) is 0 Å². The lowest BCUT2D eigenvalue weighted by Gasteiger charge is -1.98. The van der Waals surface area contributed by atoms with Crippen molar-refractivity contribution < 1.29 is 19.1 Å². The summed E-state index contributed by atoms with van der Waals surface area (Å²) in [6, 6.07) is 9.83. The summed E-state index contributed by atoms with van der Waals surface area (Å²) in [5, 5.41) is 14.8. The van der Waals surface area contributed by atoms with Gasteiger partial charge in [-0.05, 0) is 23.1 Å². The lowest BCUT2D eigenvalue weighted by molar-refractivity contribution is -0.763. The number of ketones is 1. The molecule has 6 nitrogen and oxygen atoms in total. The second-order valence-electron chi connectivity index (χ2n) is 4.37. The molecule has 0 fully saturated rings. The smallest absolute Gasteiger partial charge is 0.342 e. The van der Waals surface area contributed by atoms with Crippen LogP contribution in [0, 0.1) is 0 Å². The summed E-state index contributed by atoms with van der Waals surface area (Å²) >= 11 is 0. The molecule has 1 heterocycles. The Balaban J connectivity index is 2.22. The first-order valence-electron chi connectivity index (χ1n) is 6.25. The van der Waals surface area contributed by atoms with Gasteiger partial charge in [0.2, 0.25) is 11.1 Å². The molecule has 0 unspecified atom stereocenters. The Hall–Kier alpha value is -2.50. The van der Waals surface area contributed by atoms with Gasteiger partial charge in [0.15, 0.2) is 6.54 Å². The van der Waals surface area contributed by atoms with Crippen LogP contribution in [0.5, 0.6) is 0 Å². The molecular formula is C14H15N3O3. The molecule has 0 bridgehead atoms. The van der Waals surface area contributed by atoms with Crippen molar-refractivity contribution in [2.45, 2.75) is 26.8 Å². The highest BCUT2D eigenvalue weighted by molar-refractivity contribution is 5.94. The molecule has 1 aromatic heterocycles. The van der Waals surface area contributed by atoms with Gasteiger partial charge in [0.1, 0.15) is 0 Å². The topological polar surface area (TPSA) is 82.4 Å². The average Bonchev–Trinajstić information content (AvgIpc) is 2.79. The molecular weight excluding hydrogens is 258 g/mol. The number of benzene rings is 1. The minimum atomic E-state index is -0.432. The number of nitrogens with zero attached hydrogens (tertiary/aromatic N) is 3. The van der Waals surface area contributed by atoms with Crippen molar-refractivity contribution in [3.05, 3.63) is 41.6 Å². The molecule has 0 atom stereocenters. The first-order valence-corrected chi connectivity index (χ1v) is 6.25. The quantitative estimate of drug-likeness (QED) is 0.349. The maximum absolute atomic E-state index is 11.6. The summed E-state index contributed by atoms with van der Waals surface area (Å²) < 4.78 is 6.40. The van der Waals surface area contributed by atoms with Crippen LogP contribution >= 0.6 is 0 Å². The largest absolute Gasteiger partial charge is 0.862 e. The van der Waals surface area contributed by atoms with Gasteiger partial charge in [-0.15, -0.1) is 0 Å². The molecule has 0 N–H and O–H groups in total. The van der Waals surface area contributed by atoms with E-state index in [9.17, 15) is 9.90 Å². The number of hydrogen-bond acceptors (Lipinski definition) is 5. The molecule has 0 aliphatic carbocycles. The van der Waals surface area contributed by atoms with Crippen LogP contribution in [-0.4, -0.2) is 17.0 Å². The number of aryl methyl sites for hydroxylation is 2. The number of carbonyl (C=O) groups is 1. The van der Waals surface area contributed by atoms with E-state index < -0.39 is 5.90 Å². The van der Waals surface area contributed by atoms with Crippen molar-refractivity contribution >= 4 is 17.6 Å². The zero-order valence-corrected chi connectivity index (χ0v) is 11.4. The summed E-state index contributed by atoms with van der Waals surface area (Å²) in [6.45, 7) is 3.17. The van der Waals surface area contributed by atoms with Gasteiger partial charge in [-0.1, -0.05) is 30.3 Å². The molecule has 2 rings (SSSR count). The Morgan fingerprint density at radius 1 is 1.35 bits per heavy atom. The van der Waals surface area contributed by atoms with Crippen molar-refractivity contribution in [1.82, 2.24) is 5.27 Å². The fourth-order valence-electron chi connectivity index (χ4n) is 1.86. The molecule has 1 aromatic carbocycles. The Morgan fingerprint density at radius 2 is 2.05 bits per heavy atom. The number of aliphatic imine (C=N–C) groups is 1. The van der Waals surface area contributed by atoms with Crippen LogP contribution < -0.4 is 9.79 Å². The maximum atomic E-state index is 11.6. The normalized spacial score (nSPS) is 11.6. The number of Topliss-reactive ketones (excluding diaryl/α,β-unsaturated/α-hetero) is 1. The van der Waals surface area contributed by atoms with E-state index in [4.69, 9.17) is 4.52 Å². The van der Waals surface area contributed by atoms with Crippen molar-refractivity contribution in [3.8, 4) is 0 Å². The van der Waals surface area contributed by atoms with Crippen molar-refractivity contribution in [2.75, 3.05) is 0 Å². The van der Waals surface area contributed by atoms with E-state index in [1.807, 2.05) is 30.3 Å². The van der Waals surface area contributed by atoms with E-state index >= 15 is 0 Å². The van der Waals surface area contributed by atoms with Gasteiger partial charge >= 0.3 is 11.6 Å². The van der Waals surface area contributed by atoms with Crippen LogP contribution in [0.2, 0.25) is 0 Å². The van der Waals surface area contributed by atoms with E-state index in [1.165, 1.54) is 18.5 Å². The van der Waals surface area contributed by atoms with Crippen molar-refractivity contribution in [1.29, 1.82) is 0 Å². The summed E-state index contributed by atoms with van der Waals surface area (Å²) in [5.74, 6) is -0.698. The predicted octanol–water partition coefficient (Wildman–Crippen LogP) is 0.818. The van der Waals surface area contributed by atoms with Gasteiger partial charge in [-0.3, -0.25) is 9.32 Å². The van der Waals surface area contributed by atoms with Crippen LogP contribution in [-0.2, 0) is 13.0 Å². The summed E-state index contributed by atoms with van der Waals surface area (Å²) in [7, 11) is 0. The Labute approximate surface area is 116 Å². The second kappa shape index (κ2) is 6.10. The van der Waals surface area contributed by atoms with Crippen molar-refractivity contribution in [3.63, 3.8) is 0 Å². The molecule has 104 valence electrons. The number of rotatable bonds is 5.